The number of benzene rings is 1. The van der Waals surface area contributed by atoms with Gasteiger partial charge in [-0.3, -0.25) is 4.79 Å². The number of nitrogens with zero attached hydrogens (tertiary/aromatic N) is 2. The maximum Gasteiger partial charge on any atom is 0.244 e. The zero-order chi connectivity index (χ0) is 16.9. The largest absolute Gasteiger partial charge is 0.465 e. The van der Waals surface area contributed by atoms with Gasteiger partial charge in [0.1, 0.15) is 17.6 Å². The number of imidazole rings is 1. The van der Waals surface area contributed by atoms with E-state index in [1.54, 1.807) is 42.8 Å². The van der Waals surface area contributed by atoms with Crippen molar-refractivity contribution in [2.75, 3.05) is 0 Å². The minimum atomic E-state index is -0.379. The Kier molecular flexibility index (Phi) is 4.82. The summed E-state index contributed by atoms with van der Waals surface area (Å²) in [6.07, 6.45) is 8.14. The molecule has 6 heteroatoms. The van der Waals surface area contributed by atoms with Crippen LogP contribution in [0.3, 0.4) is 0 Å². The summed E-state index contributed by atoms with van der Waals surface area (Å²) in [6.45, 7) is 0. The molecule has 122 valence electrons. The van der Waals surface area contributed by atoms with Gasteiger partial charge in [-0.2, -0.15) is 0 Å². The van der Waals surface area contributed by atoms with Crippen molar-refractivity contribution in [1.82, 2.24) is 14.9 Å². The maximum atomic E-state index is 12.3. The van der Waals surface area contributed by atoms with Gasteiger partial charge in [-0.05, 0) is 35.9 Å². The van der Waals surface area contributed by atoms with Gasteiger partial charge < -0.3 is 14.3 Å². The molecule has 0 aliphatic carbocycles. The predicted molar refractivity (Wildman–Crippen MR) is 92.4 cm³/mol. The fourth-order valence-corrected chi connectivity index (χ4v) is 2.47. The smallest absolute Gasteiger partial charge is 0.244 e. The van der Waals surface area contributed by atoms with Crippen molar-refractivity contribution in [3.8, 4) is 0 Å². The summed E-state index contributed by atoms with van der Waals surface area (Å²) in [6, 6.07) is 10.5. The van der Waals surface area contributed by atoms with Gasteiger partial charge in [0.2, 0.25) is 5.91 Å². The van der Waals surface area contributed by atoms with Crippen molar-refractivity contribution in [3.05, 3.63) is 83.3 Å². The second-order valence-corrected chi connectivity index (χ2v) is 5.67. The van der Waals surface area contributed by atoms with Crippen LogP contribution in [0.25, 0.3) is 6.08 Å². The Morgan fingerprint density at radius 1 is 1.33 bits per heavy atom. The highest BCUT2D eigenvalue weighted by Gasteiger charge is 2.19. The fraction of sp³-hybridized carbons (Fsp3) is 0.111. The van der Waals surface area contributed by atoms with E-state index in [1.165, 1.54) is 6.08 Å². The quantitative estimate of drug-likeness (QED) is 0.721. The van der Waals surface area contributed by atoms with Crippen LogP contribution in [-0.4, -0.2) is 15.5 Å². The average molecular weight is 342 g/mol. The molecule has 1 atom stereocenters. The Morgan fingerprint density at radius 3 is 2.75 bits per heavy atom. The lowest BCUT2D eigenvalue weighted by molar-refractivity contribution is -0.117. The zero-order valence-corrected chi connectivity index (χ0v) is 13.8. The van der Waals surface area contributed by atoms with Gasteiger partial charge in [-0.1, -0.05) is 23.7 Å². The number of nitrogens with one attached hydrogen (secondary N) is 1. The average Bonchev–Trinajstić information content (AvgIpc) is 3.23. The minimum absolute atomic E-state index is 0.241. The molecule has 3 aromatic rings. The van der Waals surface area contributed by atoms with Crippen LogP contribution in [0, 0.1) is 0 Å². The summed E-state index contributed by atoms with van der Waals surface area (Å²) >= 11 is 5.96. The van der Waals surface area contributed by atoms with E-state index in [0.29, 0.717) is 10.8 Å². The number of furan rings is 1. The predicted octanol–water partition coefficient (Wildman–Crippen LogP) is 3.59. The van der Waals surface area contributed by atoms with Crippen LogP contribution >= 0.6 is 11.6 Å². The van der Waals surface area contributed by atoms with E-state index < -0.39 is 0 Å². The van der Waals surface area contributed by atoms with Crippen LogP contribution in [-0.2, 0) is 11.8 Å². The normalized spacial score (nSPS) is 12.4. The van der Waals surface area contributed by atoms with Gasteiger partial charge >= 0.3 is 0 Å². The van der Waals surface area contributed by atoms with Crippen molar-refractivity contribution in [1.29, 1.82) is 0 Å². The van der Waals surface area contributed by atoms with Gasteiger partial charge in [-0.15, -0.1) is 0 Å². The second-order valence-electron chi connectivity index (χ2n) is 5.24. The van der Waals surface area contributed by atoms with Crippen molar-refractivity contribution in [2.24, 2.45) is 7.05 Å². The molecule has 0 fully saturated rings. The monoisotopic (exact) mass is 341 g/mol. The second kappa shape index (κ2) is 7.19. The van der Waals surface area contributed by atoms with E-state index in [4.69, 9.17) is 16.0 Å². The Bertz CT molecular complexity index is 836. The maximum absolute atomic E-state index is 12.3. The summed E-state index contributed by atoms with van der Waals surface area (Å²) in [7, 11) is 1.89. The van der Waals surface area contributed by atoms with Crippen molar-refractivity contribution >= 4 is 23.6 Å². The molecule has 0 spiro atoms. The first-order valence-corrected chi connectivity index (χ1v) is 7.76. The first-order valence-electron chi connectivity index (χ1n) is 7.38. The number of aryl methyl sites for hydroxylation is 1. The highest BCUT2D eigenvalue weighted by Crippen LogP contribution is 2.22. The number of rotatable bonds is 5. The van der Waals surface area contributed by atoms with Crippen molar-refractivity contribution < 1.29 is 9.21 Å². The number of carbonyl (C=O) groups is 1. The molecule has 5 nitrogen and oxygen atoms in total. The topological polar surface area (TPSA) is 60.1 Å². The van der Waals surface area contributed by atoms with Crippen LogP contribution in [0.2, 0.25) is 5.02 Å². The van der Waals surface area contributed by atoms with E-state index in [-0.39, 0.29) is 11.9 Å². The molecule has 24 heavy (non-hydrogen) atoms. The van der Waals surface area contributed by atoms with Crippen molar-refractivity contribution in [2.45, 2.75) is 6.04 Å². The van der Waals surface area contributed by atoms with Crippen LogP contribution < -0.4 is 5.32 Å². The molecule has 0 unspecified atom stereocenters. The van der Waals surface area contributed by atoms with Gasteiger partial charge in [0.15, 0.2) is 0 Å². The molecule has 2 heterocycles. The summed E-state index contributed by atoms with van der Waals surface area (Å²) in [4.78, 5) is 16.6. The third kappa shape index (κ3) is 3.75. The number of carbonyl (C=O) groups excluding carboxylic acids is 1. The van der Waals surface area contributed by atoms with Gasteiger partial charge in [0.25, 0.3) is 0 Å². The molecular formula is C18H16ClN3O2. The molecule has 1 N–H and O–H groups in total. The summed E-state index contributed by atoms with van der Waals surface area (Å²) < 4.78 is 7.05. The molecular weight excluding hydrogens is 326 g/mol. The zero-order valence-electron chi connectivity index (χ0n) is 13.0. The Balaban J connectivity index is 1.84. The molecule has 0 radical (unpaired) electrons. The van der Waals surface area contributed by atoms with E-state index in [1.807, 2.05) is 29.9 Å². The van der Waals surface area contributed by atoms with Gasteiger partial charge in [0, 0.05) is 30.5 Å². The molecule has 1 aromatic carbocycles. The molecule has 2 aromatic heterocycles. The lowest BCUT2D eigenvalue weighted by Crippen LogP contribution is -2.29. The molecule has 3 rings (SSSR count). The lowest BCUT2D eigenvalue weighted by atomic mass is 10.1. The Morgan fingerprint density at radius 2 is 2.12 bits per heavy atom. The van der Waals surface area contributed by atoms with E-state index >= 15 is 0 Å². The molecule has 0 saturated carbocycles. The number of hydrogen-bond acceptors (Lipinski definition) is 3. The molecule has 0 aliphatic heterocycles. The standard InChI is InChI=1S/C18H16ClN3O2/c1-22-11-10-20-18(22)17(13-4-6-14(19)7-5-13)21-16(23)9-8-15-3-2-12-24-15/h2-12,17H,1H3,(H,21,23)/b9-8+/t17-/m0/s1. The molecule has 1 amide bonds. The minimum Gasteiger partial charge on any atom is -0.465 e. The number of aromatic nitrogens is 2. The van der Waals surface area contributed by atoms with Crippen molar-refractivity contribution in [3.63, 3.8) is 0 Å². The third-order valence-electron chi connectivity index (χ3n) is 3.55. The third-order valence-corrected chi connectivity index (χ3v) is 3.80. The summed E-state index contributed by atoms with van der Waals surface area (Å²) in [5.74, 6) is 1.11. The SMILES string of the molecule is Cn1ccnc1[C@@H](NC(=O)/C=C/c1ccco1)c1ccc(Cl)cc1. The number of hydrogen-bond donors (Lipinski definition) is 1. The number of amides is 1. The van der Waals surface area contributed by atoms with Crippen LogP contribution in [0.15, 0.2) is 65.5 Å². The van der Waals surface area contributed by atoms with Gasteiger partial charge in [0.05, 0.1) is 6.26 Å². The van der Waals surface area contributed by atoms with Crippen LogP contribution in [0.1, 0.15) is 23.2 Å². The van der Waals surface area contributed by atoms with Crippen LogP contribution in [0.4, 0.5) is 0 Å². The summed E-state index contributed by atoms with van der Waals surface area (Å²) in [5, 5.41) is 3.60. The highest BCUT2D eigenvalue weighted by molar-refractivity contribution is 6.30. The lowest BCUT2D eigenvalue weighted by Gasteiger charge is -2.18. The molecule has 0 bridgehead atoms. The summed E-state index contributed by atoms with van der Waals surface area (Å²) in [5.41, 5.74) is 0.897. The highest BCUT2D eigenvalue weighted by atomic mass is 35.5. The molecule has 0 saturated heterocycles. The Hall–Kier alpha value is -2.79. The van der Waals surface area contributed by atoms with E-state index in [2.05, 4.69) is 10.3 Å². The van der Waals surface area contributed by atoms with E-state index in [9.17, 15) is 4.79 Å². The fourth-order valence-electron chi connectivity index (χ4n) is 2.34. The van der Waals surface area contributed by atoms with E-state index in [0.717, 1.165) is 11.4 Å². The Labute approximate surface area is 144 Å². The van der Waals surface area contributed by atoms with Gasteiger partial charge in [-0.25, -0.2) is 4.98 Å². The molecule has 0 aliphatic rings. The first-order chi connectivity index (χ1) is 11.6. The number of halogens is 1. The first kappa shape index (κ1) is 16.1. The van der Waals surface area contributed by atoms with Crippen LogP contribution in [0.5, 0.6) is 0 Å².